The normalized spacial score (nSPS) is 17.9. The van der Waals surface area contributed by atoms with Crippen molar-refractivity contribution in [3.05, 3.63) is 53.8 Å². The molecule has 0 radical (unpaired) electrons. The van der Waals surface area contributed by atoms with Crippen LogP contribution in [0.25, 0.3) is 22.0 Å². The maximum Gasteiger partial charge on any atom is 0.311 e. The van der Waals surface area contributed by atoms with E-state index in [4.69, 9.17) is 9.72 Å². The Kier molecular flexibility index (Phi) is 5.21. The van der Waals surface area contributed by atoms with Crippen molar-refractivity contribution in [3.8, 4) is 16.9 Å². The fourth-order valence-corrected chi connectivity index (χ4v) is 4.61. The molecule has 3 N–H and O–H groups in total. The van der Waals surface area contributed by atoms with Gasteiger partial charge in [0.25, 0.3) is 0 Å². The average molecular weight is 436 g/mol. The van der Waals surface area contributed by atoms with Gasteiger partial charge in [-0.1, -0.05) is 18.2 Å². The predicted octanol–water partition coefficient (Wildman–Crippen LogP) is 4.92. The lowest BCUT2D eigenvalue weighted by Crippen LogP contribution is -2.26. The van der Waals surface area contributed by atoms with Gasteiger partial charge in [-0.3, -0.25) is 4.79 Å². The van der Waals surface area contributed by atoms with Crippen molar-refractivity contribution in [3.63, 3.8) is 0 Å². The van der Waals surface area contributed by atoms with Crippen LogP contribution in [0.5, 0.6) is 5.75 Å². The number of phenols is 1. The number of phenolic OH excluding ortho intramolecular Hbond substituents is 1. The van der Waals surface area contributed by atoms with Gasteiger partial charge in [-0.2, -0.15) is 0 Å². The molecule has 2 aromatic carbocycles. The summed E-state index contributed by atoms with van der Waals surface area (Å²) in [5.74, 6) is -0.437. The number of nitrogens with zero attached hydrogens (tertiary/aromatic N) is 1. The molecule has 1 saturated carbocycles. The lowest BCUT2D eigenvalue weighted by Gasteiger charge is -2.28. The Morgan fingerprint density at radius 3 is 2.62 bits per heavy atom. The van der Waals surface area contributed by atoms with Crippen LogP contribution in [0.4, 0.5) is 10.2 Å². The maximum atomic E-state index is 15.1. The summed E-state index contributed by atoms with van der Waals surface area (Å²) in [6.45, 7) is 1.47. The van der Waals surface area contributed by atoms with E-state index in [1.165, 1.54) is 6.07 Å². The van der Waals surface area contributed by atoms with Gasteiger partial charge in [-0.25, -0.2) is 9.37 Å². The van der Waals surface area contributed by atoms with Gasteiger partial charge >= 0.3 is 5.97 Å². The summed E-state index contributed by atoms with van der Waals surface area (Å²) in [7, 11) is 0. The van der Waals surface area contributed by atoms with E-state index in [1.54, 1.807) is 36.4 Å². The molecule has 2 fully saturated rings. The zero-order valence-corrected chi connectivity index (χ0v) is 17.6. The lowest BCUT2D eigenvalue weighted by atomic mass is 9.84. The zero-order valence-electron chi connectivity index (χ0n) is 17.6. The van der Waals surface area contributed by atoms with E-state index < -0.39 is 11.4 Å². The molecule has 7 heteroatoms. The Bertz CT molecular complexity index is 1190. The molecule has 1 aliphatic heterocycles. The van der Waals surface area contributed by atoms with E-state index in [-0.39, 0.29) is 24.0 Å². The van der Waals surface area contributed by atoms with Gasteiger partial charge in [0.1, 0.15) is 17.4 Å². The van der Waals surface area contributed by atoms with Crippen molar-refractivity contribution >= 4 is 22.7 Å². The van der Waals surface area contributed by atoms with Gasteiger partial charge in [-0.05, 0) is 49.8 Å². The first-order chi connectivity index (χ1) is 15.5. The number of fused-ring (bicyclic) bond motifs is 1. The van der Waals surface area contributed by atoms with Gasteiger partial charge in [0.15, 0.2) is 0 Å². The number of hydrogen-bond acceptors (Lipinski definition) is 5. The van der Waals surface area contributed by atoms with E-state index in [0.29, 0.717) is 43.0 Å². The molecular formula is C25H25FN2O4. The first kappa shape index (κ1) is 20.7. The van der Waals surface area contributed by atoms with E-state index in [9.17, 15) is 15.0 Å². The van der Waals surface area contributed by atoms with Crippen molar-refractivity contribution < 1.29 is 24.1 Å². The third kappa shape index (κ3) is 3.66. The molecule has 3 aromatic rings. The molecule has 0 spiro atoms. The first-order valence-corrected chi connectivity index (χ1v) is 10.9. The standard InChI is InChI=1S/C25H25FN2O4/c26-19-4-2-1-3-17(19)22-18-6-5-16(29)13-20(18)28-23(21(22)15-7-11-32-12-8-15)27-14-25(9-10-25)24(30)31/h1-6,13,15,29H,7-12,14H2,(H,27,28)(H,30,31). The topological polar surface area (TPSA) is 91.7 Å². The third-order valence-corrected chi connectivity index (χ3v) is 6.68. The molecule has 1 aliphatic carbocycles. The third-order valence-electron chi connectivity index (χ3n) is 6.68. The monoisotopic (exact) mass is 436 g/mol. The van der Waals surface area contributed by atoms with Crippen molar-refractivity contribution in [2.45, 2.75) is 31.6 Å². The summed E-state index contributed by atoms with van der Waals surface area (Å²) >= 11 is 0. The Labute approximate surface area is 185 Å². The smallest absolute Gasteiger partial charge is 0.311 e. The Morgan fingerprint density at radius 1 is 1.19 bits per heavy atom. The molecule has 32 heavy (non-hydrogen) atoms. The molecule has 5 rings (SSSR count). The highest BCUT2D eigenvalue weighted by atomic mass is 19.1. The molecule has 0 atom stereocenters. The highest BCUT2D eigenvalue weighted by Gasteiger charge is 2.50. The van der Waals surface area contributed by atoms with Gasteiger partial charge < -0.3 is 20.3 Å². The van der Waals surface area contributed by atoms with Crippen LogP contribution in [0.15, 0.2) is 42.5 Å². The fraction of sp³-hybridized carbons (Fsp3) is 0.360. The lowest BCUT2D eigenvalue weighted by molar-refractivity contribution is -0.142. The highest BCUT2D eigenvalue weighted by Crippen LogP contribution is 2.48. The van der Waals surface area contributed by atoms with E-state index in [1.807, 2.05) is 0 Å². The van der Waals surface area contributed by atoms with Crippen LogP contribution < -0.4 is 5.32 Å². The van der Waals surface area contributed by atoms with Crippen LogP contribution in [0, 0.1) is 11.2 Å². The quantitative estimate of drug-likeness (QED) is 0.508. The van der Waals surface area contributed by atoms with E-state index >= 15 is 4.39 Å². The van der Waals surface area contributed by atoms with Crippen LogP contribution in [-0.4, -0.2) is 40.9 Å². The SMILES string of the molecule is O=C(O)C1(CNc2nc3cc(O)ccc3c(-c3ccccc3F)c2C2CCOCC2)CC1. The minimum absolute atomic E-state index is 0.0680. The first-order valence-electron chi connectivity index (χ1n) is 10.9. The number of benzene rings is 2. The maximum absolute atomic E-state index is 15.1. The highest BCUT2D eigenvalue weighted by molar-refractivity contribution is 5.99. The summed E-state index contributed by atoms with van der Waals surface area (Å²) in [5.41, 5.74) is 1.84. The van der Waals surface area contributed by atoms with Crippen molar-refractivity contribution in [1.29, 1.82) is 0 Å². The number of pyridine rings is 1. The van der Waals surface area contributed by atoms with E-state index in [0.717, 1.165) is 29.4 Å². The van der Waals surface area contributed by atoms with Crippen LogP contribution in [0.2, 0.25) is 0 Å². The summed E-state index contributed by atoms with van der Waals surface area (Å²) < 4.78 is 20.6. The minimum atomic E-state index is -0.814. The minimum Gasteiger partial charge on any atom is -0.508 e. The molecular weight excluding hydrogens is 411 g/mol. The number of anilines is 1. The Hall–Kier alpha value is -3.19. The number of rotatable bonds is 6. The number of nitrogens with one attached hydrogen (secondary N) is 1. The molecule has 2 aliphatic rings. The van der Waals surface area contributed by atoms with Crippen LogP contribution in [0.1, 0.15) is 37.2 Å². The van der Waals surface area contributed by atoms with E-state index in [2.05, 4.69) is 5.32 Å². The molecule has 1 aromatic heterocycles. The molecule has 6 nitrogen and oxygen atoms in total. The number of carboxylic acids is 1. The number of aliphatic carboxylic acids is 1. The van der Waals surface area contributed by atoms with Crippen LogP contribution >= 0.6 is 0 Å². The van der Waals surface area contributed by atoms with Gasteiger partial charge in [0.2, 0.25) is 0 Å². The second kappa shape index (κ2) is 8.06. The number of carboxylic acid groups (broad SMARTS) is 1. The number of carbonyl (C=O) groups is 1. The molecule has 2 heterocycles. The van der Waals surface area contributed by atoms with Crippen molar-refractivity contribution in [1.82, 2.24) is 4.98 Å². The Balaban J connectivity index is 1.73. The molecule has 0 amide bonds. The van der Waals surface area contributed by atoms with Gasteiger partial charge in [0.05, 0.1) is 10.9 Å². The largest absolute Gasteiger partial charge is 0.508 e. The van der Waals surface area contributed by atoms with Gasteiger partial charge in [0, 0.05) is 47.9 Å². The van der Waals surface area contributed by atoms with Crippen molar-refractivity contribution in [2.24, 2.45) is 5.41 Å². The van der Waals surface area contributed by atoms with Gasteiger partial charge in [-0.15, -0.1) is 0 Å². The van der Waals surface area contributed by atoms with Crippen molar-refractivity contribution in [2.75, 3.05) is 25.1 Å². The number of halogens is 1. The fourth-order valence-electron chi connectivity index (χ4n) is 4.61. The van der Waals surface area contributed by atoms with Crippen LogP contribution in [0.3, 0.4) is 0 Å². The Morgan fingerprint density at radius 2 is 1.94 bits per heavy atom. The number of hydrogen-bond donors (Lipinski definition) is 3. The molecule has 0 bridgehead atoms. The molecule has 1 saturated heterocycles. The summed E-state index contributed by atoms with van der Waals surface area (Å²) in [6, 6.07) is 11.6. The second-order valence-electron chi connectivity index (χ2n) is 8.76. The number of ether oxygens (including phenoxy) is 1. The zero-order chi connectivity index (χ0) is 22.3. The summed E-state index contributed by atoms with van der Waals surface area (Å²) in [4.78, 5) is 16.5. The summed E-state index contributed by atoms with van der Waals surface area (Å²) in [5, 5.41) is 23.7. The number of aromatic nitrogens is 1. The molecule has 0 unspecified atom stereocenters. The molecule has 166 valence electrons. The number of aromatic hydroxyl groups is 1. The second-order valence-corrected chi connectivity index (χ2v) is 8.76. The predicted molar refractivity (Wildman–Crippen MR) is 119 cm³/mol. The summed E-state index contributed by atoms with van der Waals surface area (Å²) in [6.07, 6.45) is 2.78. The van der Waals surface area contributed by atoms with Crippen LogP contribution in [-0.2, 0) is 9.53 Å². The average Bonchev–Trinajstić information content (AvgIpc) is 3.59.